The summed E-state index contributed by atoms with van der Waals surface area (Å²) in [4.78, 5) is 16.0. The molecule has 84 valence electrons. The van der Waals surface area contributed by atoms with Crippen LogP contribution in [-0.4, -0.2) is 10.9 Å². The third-order valence-electron chi connectivity index (χ3n) is 2.38. The van der Waals surface area contributed by atoms with E-state index in [9.17, 15) is 4.79 Å². The van der Waals surface area contributed by atoms with E-state index in [-0.39, 0.29) is 11.8 Å². The minimum Gasteiger partial charge on any atom is -0.302 e. The Morgan fingerprint density at radius 1 is 1.44 bits per heavy atom. The number of carbonyl (C=O) groups excluding carboxylic acids is 1. The summed E-state index contributed by atoms with van der Waals surface area (Å²) in [6.07, 6.45) is 0. The maximum absolute atomic E-state index is 11.5. The van der Waals surface area contributed by atoms with Crippen LogP contribution in [-0.2, 0) is 4.79 Å². The number of aryl methyl sites for hydroxylation is 1. The van der Waals surface area contributed by atoms with E-state index < -0.39 is 0 Å². The fourth-order valence-electron chi connectivity index (χ4n) is 1.39. The molecule has 0 saturated heterocycles. The number of fused-ring (bicyclic) bond motifs is 1. The highest BCUT2D eigenvalue weighted by Gasteiger charge is 2.11. The van der Waals surface area contributed by atoms with Crippen LogP contribution in [0.4, 0.5) is 5.13 Å². The highest BCUT2D eigenvalue weighted by atomic mass is 32.1. The lowest BCUT2D eigenvalue weighted by Gasteiger charge is -2.02. The minimum atomic E-state index is -0.0203. The second kappa shape index (κ2) is 4.22. The molecule has 0 fully saturated rings. The fraction of sp³-hybridized carbons (Fsp3) is 0.333. The Morgan fingerprint density at radius 3 is 2.81 bits per heavy atom. The number of thiazole rings is 1. The molecule has 0 aliphatic rings. The number of anilines is 1. The summed E-state index contributed by atoms with van der Waals surface area (Å²) >= 11 is 1.51. The van der Waals surface area contributed by atoms with Crippen LogP contribution in [0.5, 0.6) is 0 Å². The van der Waals surface area contributed by atoms with Crippen LogP contribution in [0.2, 0.25) is 0 Å². The van der Waals surface area contributed by atoms with E-state index in [1.165, 1.54) is 11.3 Å². The Balaban J connectivity index is 2.33. The fourth-order valence-corrected chi connectivity index (χ4v) is 2.34. The Labute approximate surface area is 98.5 Å². The number of nitrogens with one attached hydrogen (secondary N) is 1. The smallest absolute Gasteiger partial charge is 0.228 e. The zero-order valence-electron chi connectivity index (χ0n) is 9.57. The van der Waals surface area contributed by atoms with Crippen molar-refractivity contribution in [2.45, 2.75) is 20.8 Å². The van der Waals surface area contributed by atoms with Gasteiger partial charge in [0, 0.05) is 5.92 Å². The van der Waals surface area contributed by atoms with Gasteiger partial charge in [0.25, 0.3) is 0 Å². The van der Waals surface area contributed by atoms with Crippen molar-refractivity contribution in [1.29, 1.82) is 0 Å². The molecule has 0 spiro atoms. The molecule has 0 atom stereocenters. The first kappa shape index (κ1) is 11.1. The SMILES string of the molecule is Cc1cccc2sc(NC(=O)C(C)C)nc12. The van der Waals surface area contributed by atoms with Gasteiger partial charge in [-0.2, -0.15) is 0 Å². The van der Waals surface area contributed by atoms with Crippen molar-refractivity contribution >= 4 is 32.6 Å². The maximum Gasteiger partial charge on any atom is 0.228 e. The number of hydrogen-bond acceptors (Lipinski definition) is 3. The lowest BCUT2D eigenvalue weighted by Crippen LogP contribution is -2.17. The number of nitrogens with zero attached hydrogens (tertiary/aromatic N) is 1. The van der Waals surface area contributed by atoms with E-state index in [0.717, 1.165) is 15.8 Å². The lowest BCUT2D eigenvalue weighted by molar-refractivity contribution is -0.118. The van der Waals surface area contributed by atoms with Crippen molar-refractivity contribution in [1.82, 2.24) is 4.98 Å². The van der Waals surface area contributed by atoms with Crippen molar-refractivity contribution in [3.05, 3.63) is 23.8 Å². The van der Waals surface area contributed by atoms with Gasteiger partial charge in [-0.15, -0.1) is 0 Å². The molecule has 0 unspecified atom stereocenters. The molecule has 1 N–H and O–H groups in total. The molecule has 0 radical (unpaired) electrons. The van der Waals surface area contributed by atoms with Gasteiger partial charge in [-0.1, -0.05) is 37.3 Å². The molecule has 3 nitrogen and oxygen atoms in total. The Kier molecular flexibility index (Phi) is 2.92. The predicted molar refractivity (Wildman–Crippen MR) is 67.8 cm³/mol. The highest BCUT2D eigenvalue weighted by molar-refractivity contribution is 7.22. The number of amides is 1. The van der Waals surface area contributed by atoms with E-state index in [2.05, 4.69) is 10.3 Å². The molecule has 1 heterocycles. The number of aromatic nitrogens is 1. The molecule has 1 aromatic carbocycles. The van der Waals surface area contributed by atoms with Crippen LogP contribution in [0.25, 0.3) is 10.2 Å². The molecule has 0 aliphatic heterocycles. The molecule has 0 aliphatic carbocycles. The van der Waals surface area contributed by atoms with Crippen molar-refractivity contribution in [2.75, 3.05) is 5.32 Å². The summed E-state index contributed by atoms with van der Waals surface area (Å²) in [5, 5.41) is 3.51. The number of rotatable bonds is 2. The topological polar surface area (TPSA) is 42.0 Å². The zero-order chi connectivity index (χ0) is 11.7. The molecule has 4 heteroatoms. The molecule has 2 aromatic rings. The molecule has 0 bridgehead atoms. The van der Waals surface area contributed by atoms with Crippen molar-refractivity contribution < 1.29 is 4.79 Å². The van der Waals surface area contributed by atoms with Crippen LogP contribution < -0.4 is 5.32 Å². The molecule has 2 rings (SSSR count). The highest BCUT2D eigenvalue weighted by Crippen LogP contribution is 2.27. The second-order valence-corrected chi connectivity index (χ2v) is 5.12. The number of carbonyl (C=O) groups is 1. The Bertz CT molecular complexity index is 531. The summed E-state index contributed by atoms with van der Waals surface area (Å²) in [6.45, 7) is 5.76. The van der Waals surface area contributed by atoms with Crippen LogP contribution in [0.3, 0.4) is 0 Å². The Morgan fingerprint density at radius 2 is 2.19 bits per heavy atom. The first-order chi connectivity index (χ1) is 7.58. The van der Waals surface area contributed by atoms with E-state index in [1.54, 1.807) is 0 Å². The van der Waals surface area contributed by atoms with Crippen molar-refractivity contribution in [2.24, 2.45) is 5.92 Å². The lowest BCUT2D eigenvalue weighted by atomic mass is 10.2. The normalized spacial score (nSPS) is 11.0. The van der Waals surface area contributed by atoms with E-state index in [4.69, 9.17) is 0 Å². The Hall–Kier alpha value is -1.42. The summed E-state index contributed by atoms with van der Waals surface area (Å²) in [5.41, 5.74) is 2.12. The van der Waals surface area contributed by atoms with Crippen LogP contribution in [0.15, 0.2) is 18.2 Å². The molecular weight excluding hydrogens is 220 g/mol. The average molecular weight is 234 g/mol. The van der Waals surface area contributed by atoms with Crippen molar-refractivity contribution in [3.63, 3.8) is 0 Å². The van der Waals surface area contributed by atoms with Gasteiger partial charge in [0.05, 0.1) is 10.2 Å². The first-order valence-corrected chi connectivity index (χ1v) is 6.06. The van der Waals surface area contributed by atoms with Gasteiger partial charge in [-0.3, -0.25) is 4.79 Å². The molecule has 16 heavy (non-hydrogen) atoms. The largest absolute Gasteiger partial charge is 0.302 e. The van der Waals surface area contributed by atoms with E-state index >= 15 is 0 Å². The molecule has 1 aromatic heterocycles. The summed E-state index contributed by atoms with van der Waals surface area (Å²) in [5.74, 6) is -0.00943. The van der Waals surface area contributed by atoms with E-state index in [0.29, 0.717) is 5.13 Å². The monoisotopic (exact) mass is 234 g/mol. The number of para-hydroxylation sites is 1. The maximum atomic E-state index is 11.5. The van der Waals surface area contributed by atoms with Crippen LogP contribution in [0, 0.1) is 12.8 Å². The molecule has 1 amide bonds. The molecular formula is C12H14N2OS. The van der Waals surface area contributed by atoms with Crippen molar-refractivity contribution in [3.8, 4) is 0 Å². The predicted octanol–water partition coefficient (Wildman–Crippen LogP) is 3.20. The van der Waals surface area contributed by atoms with Gasteiger partial charge in [-0.25, -0.2) is 4.98 Å². The summed E-state index contributed by atoms with van der Waals surface area (Å²) in [7, 11) is 0. The quantitative estimate of drug-likeness (QED) is 0.867. The van der Waals surface area contributed by atoms with Gasteiger partial charge < -0.3 is 5.32 Å². The third kappa shape index (κ3) is 2.07. The van der Waals surface area contributed by atoms with Crippen LogP contribution >= 0.6 is 11.3 Å². The number of benzene rings is 1. The van der Waals surface area contributed by atoms with Gasteiger partial charge in [0.1, 0.15) is 0 Å². The van der Waals surface area contributed by atoms with Gasteiger partial charge >= 0.3 is 0 Å². The molecule has 0 saturated carbocycles. The van der Waals surface area contributed by atoms with E-state index in [1.807, 2.05) is 39.0 Å². The second-order valence-electron chi connectivity index (χ2n) is 4.08. The van der Waals surface area contributed by atoms with Gasteiger partial charge in [-0.05, 0) is 18.6 Å². The minimum absolute atomic E-state index is 0.0108. The number of hydrogen-bond donors (Lipinski definition) is 1. The summed E-state index contributed by atoms with van der Waals surface area (Å²) < 4.78 is 1.11. The van der Waals surface area contributed by atoms with Gasteiger partial charge in [0.2, 0.25) is 5.91 Å². The zero-order valence-corrected chi connectivity index (χ0v) is 10.4. The first-order valence-electron chi connectivity index (χ1n) is 5.25. The van der Waals surface area contributed by atoms with Gasteiger partial charge in [0.15, 0.2) is 5.13 Å². The standard InChI is InChI=1S/C12H14N2OS/c1-7(2)11(15)14-12-13-10-8(3)5-4-6-9(10)16-12/h4-7H,1-3H3,(H,13,14,15). The third-order valence-corrected chi connectivity index (χ3v) is 3.31. The van der Waals surface area contributed by atoms with Crippen LogP contribution in [0.1, 0.15) is 19.4 Å². The average Bonchev–Trinajstić information content (AvgIpc) is 2.61. The summed E-state index contributed by atoms with van der Waals surface area (Å²) in [6, 6.07) is 6.05.